The minimum atomic E-state index is -3.92. The number of hydrogen-bond acceptors (Lipinski definition) is 5. The Labute approximate surface area is 153 Å². The Hall–Kier alpha value is -2.58. The molecule has 0 radical (unpaired) electrons. The van der Waals surface area contributed by atoms with Crippen LogP contribution >= 0.6 is 0 Å². The maximum absolute atomic E-state index is 12.8. The first-order chi connectivity index (χ1) is 12.4. The number of nitrogens with one attached hydrogen (secondary N) is 1. The molecule has 0 aliphatic heterocycles. The van der Waals surface area contributed by atoms with E-state index in [9.17, 15) is 13.2 Å². The maximum Gasteiger partial charge on any atom is 0.247 e. The van der Waals surface area contributed by atoms with Crippen LogP contribution in [0.5, 0.6) is 11.5 Å². The molecule has 1 amide bonds. The number of hydrogen-bond donors (Lipinski definition) is 1. The summed E-state index contributed by atoms with van der Waals surface area (Å²) in [5, 5.41) is 2.70. The van der Waals surface area contributed by atoms with Gasteiger partial charge in [0.1, 0.15) is 16.4 Å². The first-order valence-electron chi connectivity index (χ1n) is 7.87. The zero-order valence-corrected chi connectivity index (χ0v) is 15.7. The van der Waals surface area contributed by atoms with Crippen molar-refractivity contribution in [3.63, 3.8) is 0 Å². The average molecular weight is 378 g/mol. The lowest BCUT2D eigenvalue weighted by Crippen LogP contribution is -2.38. The van der Waals surface area contributed by atoms with Gasteiger partial charge in [0.15, 0.2) is 0 Å². The van der Waals surface area contributed by atoms with Gasteiger partial charge in [-0.2, -0.15) is 4.31 Å². The first-order valence-corrected chi connectivity index (χ1v) is 9.31. The summed E-state index contributed by atoms with van der Waals surface area (Å²) < 4.78 is 36.8. The fourth-order valence-corrected chi connectivity index (χ4v) is 3.59. The van der Waals surface area contributed by atoms with Crippen LogP contribution in [0.25, 0.3) is 0 Å². The van der Waals surface area contributed by atoms with Crippen LogP contribution in [0.15, 0.2) is 53.4 Å². The second-order valence-corrected chi connectivity index (χ2v) is 7.55. The number of benzene rings is 2. The molecule has 2 aromatic rings. The number of rotatable bonds is 8. The first kappa shape index (κ1) is 19.7. The Kier molecular flexibility index (Phi) is 6.59. The van der Waals surface area contributed by atoms with E-state index in [2.05, 4.69) is 5.32 Å². The van der Waals surface area contributed by atoms with E-state index in [1.54, 1.807) is 6.07 Å². The van der Waals surface area contributed by atoms with Crippen LogP contribution in [0.1, 0.15) is 5.56 Å². The highest BCUT2D eigenvalue weighted by atomic mass is 32.2. The number of likely N-dealkylation sites (N-methyl/N-ethyl adjacent to an activating group) is 1. The smallest absolute Gasteiger partial charge is 0.247 e. The predicted octanol–water partition coefficient (Wildman–Crippen LogP) is 1.64. The van der Waals surface area contributed by atoms with Gasteiger partial charge in [0.25, 0.3) is 0 Å². The lowest BCUT2D eigenvalue weighted by Gasteiger charge is -2.19. The fraction of sp³-hybridized carbons (Fsp3) is 0.278. The third kappa shape index (κ3) is 4.74. The molecule has 26 heavy (non-hydrogen) atoms. The molecule has 0 saturated carbocycles. The zero-order valence-electron chi connectivity index (χ0n) is 14.9. The second-order valence-electron chi connectivity index (χ2n) is 5.54. The van der Waals surface area contributed by atoms with E-state index in [1.165, 1.54) is 33.4 Å². The SMILES string of the molecule is COc1ccc(OC)c(S(=O)(=O)N(C)CC(=O)NCc2ccccc2)c1. The van der Waals surface area contributed by atoms with Crippen LogP contribution in [0.3, 0.4) is 0 Å². The molecule has 1 N–H and O–H groups in total. The van der Waals surface area contributed by atoms with Crippen LogP contribution in [0, 0.1) is 0 Å². The minimum Gasteiger partial charge on any atom is -0.497 e. The van der Waals surface area contributed by atoms with Gasteiger partial charge in [0, 0.05) is 19.7 Å². The number of sulfonamides is 1. The van der Waals surface area contributed by atoms with Crippen molar-refractivity contribution in [3.8, 4) is 11.5 Å². The molecular weight excluding hydrogens is 356 g/mol. The molecule has 2 rings (SSSR count). The molecule has 7 nitrogen and oxygen atoms in total. The van der Waals surface area contributed by atoms with Crippen LogP contribution in [0.4, 0.5) is 0 Å². The summed E-state index contributed by atoms with van der Waals surface area (Å²) in [5.74, 6) is 0.162. The Morgan fingerprint density at radius 2 is 1.77 bits per heavy atom. The molecule has 0 spiro atoms. The fourth-order valence-electron chi connectivity index (χ4n) is 2.29. The van der Waals surface area contributed by atoms with Crippen molar-refractivity contribution in [2.24, 2.45) is 0 Å². The largest absolute Gasteiger partial charge is 0.497 e. The van der Waals surface area contributed by atoms with Gasteiger partial charge in [-0.1, -0.05) is 30.3 Å². The highest BCUT2D eigenvalue weighted by Crippen LogP contribution is 2.30. The molecule has 0 aliphatic carbocycles. The Balaban J connectivity index is 2.10. The third-order valence-electron chi connectivity index (χ3n) is 3.76. The Bertz CT molecular complexity index is 853. The number of carbonyl (C=O) groups is 1. The molecule has 0 fully saturated rings. The Morgan fingerprint density at radius 3 is 2.38 bits per heavy atom. The molecule has 0 aliphatic rings. The summed E-state index contributed by atoms with van der Waals surface area (Å²) in [6.45, 7) is 0.0194. The van der Waals surface area contributed by atoms with Crippen LogP contribution in [-0.4, -0.2) is 46.4 Å². The van der Waals surface area contributed by atoms with Crippen molar-refractivity contribution in [1.82, 2.24) is 9.62 Å². The van der Waals surface area contributed by atoms with Gasteiger partial charge in [-0.15, -0.1) is 0 Å². The zero-order chi connectivity index (χ0) is 19.2. The molecule has 8 heteroatoms. The van der Waals surface area contributed by atoms with E-state index in [0.29, 0.717) is 12.3 Å². The summed E-state index contributed by atoms with van der Waals surface area (Å²) >= 11 is 0. The number of amides is 1. The molecule has 2 aromatic carbocycles. The monoisotopic (exact) mass is 378 g/mol. The molecule has 0 bridgehead atoms. The predicted molar refractivity (Wildman–Crippen MR) is 97.7 cm³/mol. The summed E-state index contributed by atoms with van der Waals surface area (Å²) in [5.41, 5.74) is 0.931. The minimum absolute atomic E-state index is 0.0577. The van der Waals surface area contributed by atoms with E-state index in [4.69, 9.17) is 9.47 Å². The molecule has 140 valence electrons. The second kappa shape index (κ2) is 8.68. The van der Waals surface area contributed by atoms with Crippen molar-refractivity contribution < 1.29 is 22.7 Å². The van der Waals surface area contributed by atoms with Crippen LogP contribution in [0.2, 0.25) is 0 Å². The quantitative estimate of drug-likeness (QED) is 0.755. The van der Waals surface area contributed by atoms with Crippen molar-refractivity contribution >= 4 is 15.9 Å². The summed E-state index contributed by atoms with van der Waals surface area (Å²) in [6.07, 6.45) is 0. The topological polar surface area (TPSA) is 84.9 Å². The molecule has 0 atom stereocenters. The van der Waals surface area contributed by atoms with Crippen molar-refractivity contribution in [2.45, 2.75) is 11.4 Å². The van der Waals surface area contributed by atoms with Crippen LogP contribution in [-0.2, 0) is 21.4 Å². The van der Waals surface area contributed by atoms with E-state index in [1.807, 2.05) is 30.3 Å². The van der Waals surface area contributed by atoms with Gasteiger partial charge < -0.3 is 14.8 Å². The number of nitrogens with zero attached hydrogens (tertiary/aromatic N) is 1. The summed E-state index contributed by atoms with van der Waals surface area (Å²) in [4.78, 5) is 12.1. The number of methoxy groups -OCH3 is 2. The van der Waals surface area contributed by atoms with Gasteiger partial charge in [0.2, 0.25) is 15.9 Å². The van der Waals surface area contributed by atoms with E-state index in [-0.39, 0.29) is 17.2 Å². The van der Waals surface area contributed by atoms with Gasteiger partial charge in [-0.3, -0.25) is 4.79 Å². The van der Waals surface area contributed by atoms with Gasteiger partial charge >= 0.3 is 0 Å². The van der Waals surface area contributed by atoms with Gasteiger partial charge in [-0.05, 0) is 17.7 Å². The van der Waals surface area contributed by atoms with Crippen molar-refractivity contribution in [1.29, 1.82) is 0 Å². The Morgan fingerprint density at radius 1 is 1.08 bits per heavy atom. The summed E-state index contributed by atoms with van der Waals surface area (Å²) in [6, 6.07) is 13.9. The highest BCUT2D eigenvalue weighted by molar-refractivity contribution is 7.89. The normalized spacial score (nSPS) is 11.2. The van der Waals surface area contributed by atoms with Gasteiger partial charge in [-0.25, -0.2) is 8.42 Å². The highest BCUT2D eigenvalue weighted by Gasteiger charge is 2.27. The van der Waals surface area contributed by atoms with E-state index in [0.717, 1.165) is 9.87 Å². The van der Waals surface area contributed by atoms with Crippen molar-refractivity contribution in [3.05, 3.63) is 54.1 Å². The van der Waals surface area contributed by atoms with Crippen molar-refractivity contribution in [2.75, 3.05) is 27.8 Å². The number of ether oxygens (including phenoxy) is 2. The molecule has 0 aromatic heterocycles. The molecule has 0 heterocycles. The van der Waals surface area contributed by atoms with E-state index >= 15 is 0 Å². The van der Waals surface area contributed by atoms with E-state index < -0.39 is 15.9 Å². The third-order valence-corrected chi connectivity index (χ3v) is 5.58. The number of carbonyl (C=O) groups excluding carboxylic acids is 1. The average Bonchev–Trinajstić information content (AvgIpc) is 2.66. The lowest BCUT2D eigenvalue weighted by molar-refractivity contribution is -0.121. The van der Waals surface area contributed by atoms with Gasteiger partial charge in [0.05, 0.1) is 20.8 Å². The maximum atomic E-state index is 12.8. The standard InChI is InChI=1S/C18H22N2O5S/c1-20(13-18(21)19-12-14-7-5-4-6-8-14)26(22,23)17-11-15(24-2)9-10-16(17)25-3/h4-11H,12-13H2,1-3H3,(H,19,21). The lowest BCUT2D eigenvalue weighted by atomic mass is 10.2. The summed E-state index contributed by atoms with van der Waals surface area (Å²) in [7, 11) is 0.244. The molecule has 0 unspecified atom stereocenters. The molecular formula is C18H22N2O5S. The van der Waals surface area contributed by atoms with Crippen LogP contribution < -0.4 is 14.8 Å². The molecule has 0 saturated heterocycles.